The fourth-order valence-corrected chi connectivity index (χ4v) is 5.29. The molecule has 8 nitrogen and oxygen atoms in total. The van der Waals surface area contributed by atoms with Crippen molar-refractivity contribution in [3.8, 4) is 11.5 Å². The van der Waals surface area contributed by atoms with E-state index in [1.807, 2.05) is 30.3 Å². The third-order valence-electron chi connectivity index (χ3n) is 5.73. The third-order valence-corrected chi connectivity index (χ3v) is 7.50. The lowest BCUT2D eigenvalue weighted by Crippen LogP contribution is -2.33. The molecule has 0 saturated heterocycles. The van der Waals surface area contributed by atoms with Crippen molar-refractivity contribution in [2.45, 2.75) is 11.4 Å². The van der Waals surface area contributed by atoms with Crippen LogP contribution in [0, 0.1) is 0 Å². The van der Waals surface area contributed by atoms with Gasteiger partial charge in [0.15, 0.2) is 0 Å². The molecule has 0 saturated carbocycles. The molecule has 0 aromatic heterocycles. The Balaban J connectivity index is 1.67. The van der Waals surface area contributed by atoms with Crippen molar-refractivity contribution >= 4 is 27.8 Å². The second-order valence-corrected chi connectivity index (χ2v) is 10.00. The summed E-state index contributed by atoms with van der Waals surface area (Å²) in [7, 11) is -0.923. The number of hydrazone groups is 1. The van der Waals surface area contributed by atoms with Crippen LogP contribution in [0.25, 0.3) is 0 Å². The summed E-state index contributed by atoms with van der Waals surface area (Å²) < 4.78 is 39.3. The molecule has 1 N–H and O–H groups in total. The van der Waals surface area contributed by atoms with Gasteiger partial charge in [0.25, 0.3) is 15.9 Å². The molecule has 4 aromatic carbocycles. The number of ether oxygens (including phenoxy) is 2. The van der Waals surface area contributed by atoms with Gasteiger partial charge in [0, 0.05) is 11.6 Å². The monoisotopic (exact) mass is 529 g/mol. The second-order valence-electron chi connectivity index (χ2n) is 8.13. The molecule has 4 rings (SSSR count). The van der Waals surface area contributed by atoms with Crippen molar-refractivity contribution in [1.82, 2.24) is 5.43 Å². The summed E-state index contributed by atoms with van der Waals surface area (Å²) in [5, 5.41) is 4.07. The van der Waals surface area contributed by atoms with Gasteiger partial charge in [-0.05, 0) is 42.0 Å². The van der Waals surface area contributed by atoms with E-state index in [9.17, 15) is 13.2 Å². The molecular formula is C29H27N3O5S. The van der Waals surface area contributed by atoms with E-state index in [4.69, 9.17) is 9.47 Å². The van der Waals surface area contributed by atoms with Gasteiger partial charge in [-0.3, -0.25) is 9.10 Å². The SMILES string of the molecule is COc1ccc(/C=N\NC(=O)c2ccccc2N(Cc2ccccc2)S(=O)(=O)c2ccccc2)c(OC)c1. The summed E-state index contributed by atoms with van der Waals surface area (Å²) in [6.07, 6.45) is 1.45. The number of amides is 1. The number of hydrogen-bond donors (Lipinski definition) is 1. The van der Waals surface area contributed by atoms with E-state index in [1.165, 1.54) is 29.8 Å². The largest absolute Gasteiger partial charge is 0.497 e. The van der Waals surface area contributed by atoms with Gasteiger partial charge in [-0.2, -0.15) is 5.10 Å². The number of nitrogens with zero attached hydrogens (tertiary/aromatic N) is 2. The van der Waals surface area contributed by atoms with Gasteiger partial charge in [-0.15, -0.1) is 0 Å². The Morgan fingerprint density at radius 2 is 1.53 bits per heavy atom. The van der Waals surface area contributed by atoms with Gasteiger partial charge >= 0.3 is 0 Å². The molecule has 0 heterocycles. The van der Waals surface area contributed by atoms with Crippen LogP contribution in [0.15, 0.2) is 113 Å². The Hall–Kier alpha value is -4.63. The highest BCUT2D eigenvalue weighted by Crippen LogP contribution is 2.29. The zero-order chi connectivity index (χ0) is 27.0. The topological polar surface area (TPSA) is 97.3 Å². The number of carbonyl (C=O) groups excluding carboxylic acids is 1. The summed E-state index contributed by atoms with van der Waals surface area (Å²) in [4.78, 5) is 13.4. The van der Waals surface area contributed by atoms with Crippen LogP contribution in [-0.2, 0) is 16.6 Å². The van der Waals surface area contributed by atoms with E-state index in [2.05, 4.69) is 10.5 Å². The maximum absolute atomic E-state index is 13.8. The van der Waals surface area contributed by atoms with Crippen molar-refractivity contribution in [3.05, 3.63) is 120 Å². The maximum atomic E-state index is 13.8. The number of carbonyl (C=O) groups is 1. The molecule has 0 bridgehead atoms. The summed E-state index contributed by atoms with van der Waals surface area (Å²) in [6.45, 7) is 0.0364. The normalized spacial score (nSPS) is 11.2. The van der Waals surface area contributed by atoms with Crippen LogP contribution < -0.4 is 19.2 Å². The molecule has 1 amide bonds. The fraction of sp³-hybridized carbons (Fsp3) is 0.103. The highest BCUT2D eigenvalue weighted by molar-refractivity contribution is 7.92. The highest BCUT2D eigenvalue weighted by Gasteiger charge is 2.28. The Morgan fingerprint density at radius 1 is 0.868 bits per heavy atom. The molecule has 0 aliphatic carbocycles. The predicted octanol–water partition coefficient (Wildman–Crippen LogP) is 4.86. The first-order valence-electron chi connectivity index (χ1n) is 11.7. The average molecular weight is 530 g/mol. The number of para-hydroxylation sites is 1. The lowest BCUT2D eigenvalue weighted by molar-refractivity contribution is 0.0955. The van der Waals surface area contributed by atoms with Gasteiger partial charge < -0.3 is 9.47 Å². The smallest absolute Gasteiger partial charge is 0.273 e. The molecule has 4 aromatic rings. The van der Waals surface area contributed by atoms with Gasteiger partial charge in [0.05, 0.1) is 43.1 Å². The van der Waals surface area contributed by atoms with E-state index in [0.717, 1.165) is 5.56 Å². The molecule has 0 radical (unpaired) electrons. The standard InChI is InChI=1S/C29H27N3O5S/c1-36-24-18-17-23(28(19-24)37-2)20-30-31-29(33)26-15-9-10-16-27(26)32(21-22-11-5-3-6-12-22)38(34,35)25-13-7-4-8-14-25/h3-20H,21H2,1-2H3,(H,31,33)/b30-20-. The molecule has 9 heteroatoms. The summed E-state index contributed by atoms with van der Waals surface area (Å²) in [5.74, 6) is 0.575. The van der Waals surface area contributed by atoms with Crippen molar-refractivity contribution < 1.29 is 22.7 Å². The lowest BCUT2D eigenvalue weighted by Gasteiger charge is -2.26. The number of sulfonamides is 1. The zero-order valence-electron chi connectivity index (χ0n) is 20.9. The molecule has 0 aliphatic rings. The zero-order valence-corrected chi connectivity index (χ0v) is 21.8. The Bertz CT molecular complexity index is 1520. The van der Waals surface area contributed by atoms with E-state index in [-0.39, 0.29) is 22.7 Å². The van der Waals surface area contributed by atoms with Crippen LogP contribution in [0.4, 0.5) is 5.69 Å². The Labute approximate surface area is 222 Å². The first kappa shape index (κ1) is 26.4. The van der Waals surface area contributed by atoms with E-state index >= 15 is 0 Å². The molecule has 0 spiro atoms. The van der Waals surface area contributed by atoms with Crippen LogP contribution in [-0.4, -0.2) is 34.8 Å². The number of rotatable bonds is 10. The van der Waals surface area contributed by atoms with Crippen LogP contribution >= 0.6 is 0 Å². The van der Waals surface area contributed by atoms with Crippen LogP contribution in [0.1, 0.15) is 21.5 Å². The minimum absolute atomic E-state index is 0.0364. The quantitative estimate of drug-likeness (QED) is 0.234. The Kier molecular flexibility index (Phi) is 8.40. The number of anilines is 1. The predicted molar refractivity (Wildman–Crippen MR) is 147 cm³/mol. The minimum atomic E-state index is -4.00. The fourth-order valence-electron chi connectivity index (χ4n) is 3.80. The molecule has 0 unspecified atom stereocenters. The van der Waals surface area contributed by atoms with E-state index in [1.54, 1.807) is 67.8 Å². The van der Waals surface area contributed by atoms with Crippen molar-refractivity contribution in [1.29, 1.82) is 0 Å². The summed E-state index contributed by atoms with van der Waals surface area (Å²) in [5.41, 5.74) is 4.28. The molecule has 0 atom stereocenters. The molecular weight excluding hydrogens is 502 g/mol. The van der Waals surface area contributed by atoms with E-state index < -0.39 is 15.9 Å². The van der Waals surface area contributed by atoms with E-state index in [0.29, 0.717) is 17.1 Å². The molecule has 38 heavy (non-hydrogen) atoms. The van der Waals surface area contributed by atoms with Crippen molar-refractivity contribution in [3.63, 3.8) is 0 Å². The summed E-state index contributed by atoms with van der Waals surface area (Å²) in [6, 6.07) is 29.1. The van der Waals surface area contributed by atoms with Gasteiger partial charge in [0.2, 0.25) is 0 Å². The van der Waals surface area contributed by atoms with Crippen molar-refractivity contribution in [2.75, 3.05) is 18.5 Å². The number of methoxy groups -OCH3 is 2. The molecule has 0 aliphatic heterocycles. The maximum Gasteiger partial charge on any atom is 0.273 e. The van der Waals surface area contributed by atoms with Gasteiger partial charge in [-0.1, -0.05) is 60.7 Å². The lowest BCUT2D eigenvalue weighted by atomic mass is 10.1. The minimum Gasteiger partial charge on any atom is -0.497 e. The summed E-state index contributed by atoms with van der Waals surface area (Å²) >= 11 is 0. The van der Waals surface area contributed by atoms with Gasteiger partial charge in [-0.25, -0.2) is 13.8 Å². The first-order valence-corrected chi connectivity index (χ1v) is 13.1. The molecule has 0 fully saturated rings. The van der Waals surface area contributed by atoms with Crippen LogP contribution in [0.2, 0.25) is 0 Å². The number of hydrogen-bond acceptors (Lipinski definition) is 6. The van der Waals surface area contributed by atoms with Crippen LogP contribution in [0.5, 0.6) is 11.5 Å². The van der Waals surface area contributed by atoms with Crippen LogP contribution in [0.3, 0.4) is 0 Å². The second kappa shape index (κ2) is 12.1. The molecule has 194 valence electrons. The Morgan fingerprint density at radius 3 is 2.21 bits per heavy atom. The highest BCUT2D eigenvalue weighted by atomic mass is 32.2. The first-order chi connectivity index (χ1) is 18.4. The average Bonchev–Trinajstić information content (AvgIpc) is 2.97. The van der Waals surface area contributed by atoms with Gasteiger partial charge in [0.1, 0.15) is 11.5 Å². The van der Waals surface area contributed by atoms with Crippen molar-refractivity contribution in [2.24, 2.45) is 5.10 Å². The number of nitrogens with one attached hydrogen (secondary N) is 1. The number of benzene rings is 4. The third kappa shape index (κ3) is 6.01.